The lowest BCUT2D eigenvalue weighted by atomic mass is 10.1. The number of carbonyl (C=O) groups excluding carboxylic acids is 2. The topological polar surface area (TPSA) is 111 Å². The van der Waals surface area contributed by atoms with E-state index < -0.39 is 32.5 Å². The SMILES string of the molecule is CC/C=C\C/C=C\C/C=C\C/C=C\C/C=C\C/C=C\C/C=C\CCCCCCCC(=O)OC(COC(=O)CC/C=C\C/C=C\C/C=C\C/C=C\CC)COP(=O)([O-])OCC[N+](C)(C)C. The monoisotopic (exact) mass is 908 g/mol. The molecule has 0 aromatic rings. The van der Waals surface area contributed by atoms with Gasteiger partial charge >= 0.3 is 11.9 Å². The van der Waals surface area contributed by atoms with Crippen molar-refractivity contribution in [2.24, 2.45) is 0 Å². The van der Waals surface area contributed by atoms with Crippen LogP contribution >= 0.6 is 7.82 Å². The summed E-state index contributed by atoms with van der Waals surface area (Å²) in [4.78, 5) is 37.6. The number of ether oxygens (including phenoxy) is 2. The number of hydrogen-bond donors (Lipinski definition) is 0. The Labute approximate surface area is 390 Å². The highest BCUT2D eigenvalue weighted by Crippen LogP contribution is 2.38. The molecule has 0 radical (unpaired) electrons. The highest BCUT2D eigenvalue weighted by Gasteiger charge is 2.21. The molecule has 2 unspecified atom stereocenters. The molecular weight excluding hydrogens is 822 g/mol. The molecule has 64 heavy (non-hydrogen) atoms. The van der Waals surface area contributed by atoms with Gasteiger partial charge in [-0.2, -0.15) is 0 Å². The van der Waals surface area contributed by atoms with E-state index in [9.17, 15) is 19.0 Å². The molecule has 360 valence electrons. The second-order valence-corrected chi connectivity index (χ2v) is 17.8. The van der Waals surface area contributed by atoms with E-state index in [4.69, 9.17) is 18.5 Å². The molecule has 0 saturated heterocycles. The number of allylic oxidation sites excluding steroid dienone is 22. The van der Waals surface area contributed by atoms with Crippen LogP contribution in [0.3, 0.4) is 0 Å². The molecule has 0 aliphatic carbocycles. The van der Waals surface area contributed by atoms with Gasteiger partial charge in [-0.1, -0.05) is 167 Å². The minimum absolute atomic E-state index is 0.0539. The van der Waals surface area contributed by atoms with Crippen LogP contribution in [-0.2, 0) is 32.7 Å². The third-order valence-electron chi connectivity index (χ3n) is 9.18. The number of rotatable bonds is 41. The second kappa shape index (κ2) is 44.4. The molecule has 0 amide bonds. The van der Waals surface area contributed by atoms with E-state index in [0.717, 1.165) is 103 Å². The fraction of sp³-hybridized carbons (Fsp3) is 0.556. The van der Waals surface area contributed by atoms with Crippen LogP contribution in [0, 0.1) is 0 Å². The largest absolute Gasteiger partial charge is 0.756 e. The maximum absolute atomic E-state index is 12.7. The standard InChI is InChI=1S/C54H86NO8P/c1-6-8-10-12-14-16-18-20-21-22-23-24-25-26-27-28-29-30-31-32-33-35-37-39-41-43-45-47-54(57)63-52(51-62-64(58,59)61-49-48-55(3,4)5)50-60-53(56)46-44-42-40-38-36-34-19-17-15-13-11-9-7-2/h8-11,14-17,20-21,23-24,26-27,29-30,32-34,36,40,42,52H,6-7,12-13,18-19,22,25,28,31,35,37-39,41,43-51H2,1-5H3/b10-8-,11-9-,16-14-,17-15-,21-20-,24-23-,27-26-,30-29-,33-32-,36-34-,42-40-. The fourth-order valence-electron chi connectivity index (χ4n) is 5.53. The molecule has 9 nitrogen and oxygen atoms in total. The summed E-state index contributed by atoms with van der Waals surface area (Å²) < 4.78 is 33.8. The maximum Gasteiger partial charge on any atom is 0.306 e. The average molecular weight is 908 g/mol. The molecule has 0 rings (SSSR count). The predicted octanol–water partition coefficient (Wildman–Crippen LogP) is 13.6. The van der Waals surface area contributed by atoms with Crippen LogP contribution < -0.4 is 4.89 Å². The van der Waals surface area contributed by atoms with Gasteiger partial charge in [-0.05, 0) is 96.3 Å². The van der Waals surface area contributed by atoms with Crippen LogP contribution in [0.5, 0.6) is 0 Å². The highest BCUT2D eigenvalue weighted by atomic mass is 31.2. The minimum atomic E-state index is -4.66. The first-order valence-corrected chi connectivity index (χ1v) is 25.4. The molecule has 0 spiro atoms. The van der Waals surface area contributed by atoms with E-state index in [-0.39, 0.29) is 26.1 Å². The minimum Gasteiger partial charge on any atom is -0.756 e. The van der Waals surface area contributed by atoms with Crippen molar-refractivity contribution in [3.05, 3.63) is 134 Å². The van der Waals surface area contributed by atoms with E-state index in [2.05, 4.69) is 135 Å². The Balaban J connectivity index is 4.40. The van der Waals surface area contributed by atoms with Crippen LogP contribution in [0.15, 0.2) is 134 Å². The summed E-state index contributed by atoms with van der Waals surface area (Å²) in [6.07, 6.45) is 63.6. The zero-order valence-electron chi connectivity index (χ0n) is 40.4. The first kappa shape index (κ1) is 60.2. The van der Waals surface area contributed by atoms with Crippen molar-refractivity contribution >= 4 is 19.8 Å². The van der Waals surface area contributed by atoms with Crippen molar-refractivity contribution in [1.82, 2.24) is 0 Å². The van der Waals surface area contributed by atoms with Crippen LogP contribution in [-0.4, -0.2) is 70.0 Å². The van der Waals surface area contributed by atoms with Crippen LogP contribution in [0.1, 0.15) is 142 Å². The summed E-state index contributed by atoms with van der Waals surface area (Å²) in [7, 11) is 1.09. The Bertz CT molecular complexity index is 1540. The first-order chi connectivity index (χ1) is 31.0. The Hall–Kier alpha value is -3.85. The van der Waals surface area contributed by atoms with Gasteiger partial charge in [-0.15, -0.1) is 0 Å². The van der Waals surface area contributed by atoms with Gasteiger partial charge in [0.25, 0.3) is 7.82 Å². The van der Waals surface area contributed by atoms with Gasteiger partial charge in [-0.25, -0.2) is 0 Å². The summed E-state index contributed by atoms with van der Waals surface area (Å²) in [6.45, 7) is 3.85. The Morgan fingerprint density at radius 2 is 0.875 bits per heavy atom. The zero-order valence-corrected chi connectivity index (χ0v) is 41.3. The van der Waals surface area contributed by atoms with Crippen molar-refractivity contribution < 1.29 is 42.1 Å². The smallest absolute Gasteiger partial charge is 0.306 e. The molecule has 0 aromatic carbocycles. The molecule has 0 bridgehead atoms. The number of phosphoric ester groups is 1. The van der Waals surface area contributed by atoms with E-state index in [1.54, 1.807) is 0 Å². The second-order valence-electron chi connectivity index (χ2n) is 16.4. The van der Waals surface area contributed by atoms with Crippen molar-refractivity contribution in [1.29, 1.82) is 0 Å². The zero-order chi connectivity index (χ0) is 47.1. The summed E-state index contributed by atoms with van der Waals surface area (Å²) >= 11 is 0. The third-order valence-corrected chi connectivity index (χ3v) is 10.1. The van der Waals surface area contributed by atoms with Crippen molar-refractivity contribution in [3.8, 4) is 0 Å². The summed E-state index contributed by atoms with van der Waals surface area (Å²) in [5, 5.41) is 0. The Kier molecular flexibility index (Phi) is 41.7. The lowest BCUT2D eigenvalue weighted by Crippen LogP contribution is -2.37. The van der Waals surface area contributed by atoms with E-state index in [1.807, 2.05) is 33.3 Å². The number of phosphoric acid groups is 1. The van der Waals surface area contributed by atoms with Crippen molar-refractivity contribution in [3.63, 3.8) is 0 Å². The molecule has 0 aromatic heterocycles. The Morgan fingerprint density at radius 3 is 1.31 bits per heavy atom. The summed E-state index contributed by atoms with van der Waals surface area (Å²) in [6, 6.07) is 0. The molecule has 0 fully saturated rings. The van der Waals surface area contributed by atoms with Crippen molar-refractivity contribution in [2.75, 3.05) is 47.5 Å². The van der Waals surface area contributed by atoms with Gasteiger partial charge in [0.1, 0.15) is 19.8 Å². The van der Waals surface area contributed by atoms with Crippen molar-refractivity contribution in [2.45, 2.75) is 148 Å². The molecule has 0 saturated carbocycles. The van der Waals surface area contributed by atoms with Gasteiger partial charge in [0, 0.05) is 12.8 Å². The molecule has 10 heteroatoms. The number of esters is 2. The normalized spacial score (nSPS) is 14.7. The fourth-order valence-corrected chi connectivity index (χ4v) is 6.26. The predicted molar refractivity (Wildman–Crippen MR) is 267 cm³/mol. The molecule has 0 aliphatic rings. The maximum atomic E-state index is 12.7. The quantitative estimate of drug-likeness (QED) is 0.0196. The van der Waals surface area contributed by atoms with Gasteiger partial charge in [0.15, 0.2) is 6.10 Å². The van der Waals surface area contributed by atoms with Crippen LogP contribution in [0.25, 0.3) is 0 Å². The van der Waals surface area contributed by atoms with E-state index in [0.29, 0.717) is 23.9 Å². The average Bonchev–Trinajstić information content (AvgIpc) is 3.25. The Morgan fingerprint density at radius 1 is 0.484 bits per heavy atom. The van der Waals surface area contributed by atoms with E-state index in [1.165, 1.54) is 0 Å². The molecular formula is C54H86NO8P. The first-order valence-electron chi connectivity index (χ1n) is 23.9. The lowest BCUT2D eigenvalue weighted by Gasteiger charge is -2.28. The number of nitrogens with zero attached hydrogens (tertiary/aromatic N) is 1. The number of unbranched alkanes of at least 4 members (excludes halogenated alkanes) is 5. The van der Waals surface area contributed by atoms with E-state index >= 15 is 0 Å². The van der Waals surface area contributed by atoms with Crippen LogP contribution in [0.2, 0.25) is 0 Å². The molecule has 2 atom stereocenters. The van der Waals surface area contributed by atoms with Gasteiger partial charge in [0.2, 0.25) is 0 Å². The van der Waals surface area contributed by atoms with Gasteiger partial charge in [0.05, 0.1) is 27.7 Å². The van der Waals surface area contributed by atoms with Crippen LogP contribution in [0.4, 0.5) is 0 Å². The molecule has 0 heterocycles. The number of quaternary nitrogens is 1. The summed E-state index contributed by atoms with van der Waals surface area (Å²) in [5.41, 5.74) is 0. The lowest BCUT2D eigenvalue weighted by molar-refractivity contribution is -0.870. The number of carbonyl (C=O) groups is 2. The number of hydrogen-bond acceptors (Lipinski definition) is 8. The summed E-state index contributed by atoms with van der Waals surface area (Å²) in [5.74, 6) is -0.968. The van der Waals surface area contributed by atoms with Gasteiger partial charge < -0.3 is 27.9 Å². The van der Waals surface area contributed by atoms with Gasteiger partial charge in [-0.3, -0.25) is 14.2 Å². The highest BCUT2D eigenvalue weighted by molar-refractivity contribution is 7.45. The number of likely N-dealkylation sites (N-methyl/N-ethyl adjacent to an activating group) is 1. The molecule has 0 N–H and O–H groups in total. The molecule has 0 aliphatic heterocycles. The third kappa shape index (κ3) is 47.6.